The van der Waals surface area contributed by atoms with E-state index in [2.05, 4.69) is 0 Å². The molecule has 1 aromatic rings. The summed E-state index contributed by atoms with van der Waals surface area (Å²) in [6.07, 6.45) is 0. The standard InChI is InChI=1S/C9H8ClNO2S/c1-6-3-7(2)9(14(10,12)13)8(4-6)5-11/h3-4H,1-2H3. The fourth-order valence-electron chi connectivity index (χ4n) is 1.36. The van der Waals surface area contributed by atoms with Gasteiger partial charge in [0.15, 0.2) is 0 Å². The largest absolute Gasteiger partial charge is 0.262 e. The Hall–Kier alpha value is -1.05. The molecule has 0 N–H and O–H groups in total. The SMILES string of the molecule is Cc1cc(C)c(S(=O)(=O)Cl)c(C#N)c1. The van der Waals surface area contributed by atoms with Gasteiger partial charge in [-0.05, 0) is 31.0 Å². The molecule has 0 spiro atoms. The fourth-order valence-corrected chi connectivity index (χ4v) is 2.79. The fraction of sp³-hybridized carbons (Fsp3) is 0.222. The molecule has 0 aliphatic carbocycles. The lowest BCUT2D eigenvalue weighted by Gasteiger charge is -2.05. The molecular formula is C9H8ClNO2S. The van der Waals surface area contributed by atoms with Gasteiger partial charge in [-0.2, -0.15) is 5.26 Å². The average molecular weight is 230 g/mol. The van der Waals surface area contributed by atoms with Gasteiger partial charge in [0.2, 0.25) is 0 Å². The molecule has 5 heteroatoms. The van der Waals surface area contributed by atoms with Crippen LogP contribution < -0.4 is 0 Å². The van der Waals surface area contributed by atoms with Gasteiger partial charge in [-0.1, -0.05) is 6.07 Å². The monoisotopic (exact) mass is 229 g/mol. The molecule has 0 radical (unpaired) electrons. The molecule has 0 unspecified atom stereocenters. The van der Waals surface area contributed by atoms with E-state index in [0.717, 1.165) is 5.56 Å². The minimum atomic E-state index is -3.84. The van der Waals surface area contributed by atoms with Crippen molar-refractivity contribution < 1.29 is 8.42 Å². The summed E-state index contributed by atoms with van der Waals surface area (Å²) in [5.74, 6) is 0. The summed E-state index contributed by atoms with van der Waals surface area (Å²) in [7, 11) is 1.38. The van der Waals surface area contributed by atoms with E-state index >= 15 is 0 Å². The van der Waals surface area contributed by atoms with E-state index in [0.29, 0.717) is 5.56 Å². The summed E-state index contributed by atoms with van der Waals surface area (Å²) in [4.78, 5) is -0.0905. The highest BCUT2D eigenvalue weighted by Crippen LogP contribution is 2.24. The molecule has 0 bridgehead atoms. The Morgan fingerprint density at radius 2 is 1.93 bits per heavy atom. The topological polar surface area (TPSA) is 57.9 Å². The van der Waals surface area contributed by atoms with Crippen LogP contribution in [0.3, 0.4) is 0 Å². The number of rotatable bonds is 1. The van der Waals surface area contributed by atoms with Gasteiger partial charge < -0.3 is 0 Å². The molecule has 0 heterocycles. The molecule has 0 saturated heterocycles. The lowest BCUT2D eigenvalue weighted by atomic mass is 10.1. The Morgan fingerprint density at radius 1 is 1.36 bits per heavy atom. The zero-order valence-corrected chi connectivity index (χ0v) is 9.28. The lowest BCUT2D eigenvalue weighted by Crippen LogP contribution is -1.99. The molecule has 1 aromatic carbocycles. The summed E-state index contributed by atoms with van der Waals surface area (Å²) in [5, 5.41) is 8.76. The Kier molecular flexibility index (Phi) is 2.84. The Balaban J connectivity index is 3.68. The predicted molar refractivity (Wildman–Crippen MR) is 53.7 cm³/mol. The van der Waals surface area contributed by atoms with Crippen LogP contribution in [0.25, 0.3) is 0 Å². The summed E-state index contributed by atoms with van der Waals surface area (Å²) in [6, 6.07) is 5.00. The zero-order valence-electron chi connectivity index (χ0n) is 7.70. The van der Waals surface area contributed by atoms with Gasteiger partial charge in [0, 0.05) is 10.7 Å². The van der Waals surface area contributed by atoms with Crippen molar-refractivity contribution in [3.05, 3.63) is 28.8 Å². The van der Waals surface area contributed by atoms with E-state index in [4.69, 9.17) is 15.9 Å². The molecule has 0 aromatic heterocycles. The summed E-state index contributed by atoms with van der Waals surface area (Å²) < 4.78 is 22.3. The van der Waals surface area contributed by atoms with Crippen LogP contribution in [0.5, 0.6) is 0 Å². The highest BCUT2D eigenvalue weighted by Gasteiger charge is 2.18. The molecule has 14 heavy (non-hydrogen) atoms. The normalized spacial score (nSPS) is 11.0. The molecule has 1 rings (SSSR count). The van der Waals surface area contributed by atoms with E-state index in [9.17, 15) is 8.42 Å². The van der Waals surface area contributed by atoms with Crippen LogP contribution >= 0.6 is 10.7 Å². The first-order valence-electron chi connectivity index (χ1n) is 3.82. The molecule has 0 fully saturated rings. The first kappa shape index (κ1) is 11.0. The van der Waals surface area contributed by atoms with Crippen molar-refractivity contribution in [2.75, 3.05) is 0 Å². The quantitative estimate of drug-likeness (QED) is 0.693. The van der Waals surface area contributed by atoms with Crippen LogP contribution in [0.4, 0.5) is 0 Å². The second-order valence-corrected chi connectivity index (χ2v) is 5.51. The third-order valence-corrected chi connectivity index (χ3v) is 3.28. The molecular weight excluding hydrogens is 222 g/mol. The maximum atomic E-state index is 11.2. The van der Waals surface area contributed by atoms with Gasteiger partial charge in [0.25, 0.3) is 9.05 Å². The van der Waals surface area contributed by atoms with Crippen molar-refractivity contribution in [2.24, 2.45) is 0 Å². The number of benzene rings is 1. The van der Waals surface area contributed by atoms with Crippen molar-refractivity contribution >= 4 is 19.7 Å². The van der Waals surface area contributed by atoms with Gasteiger partial charge in [0.05, 0.1) is 5.56 Å². The van der Waals surface area contributed by atoms with Crippen LogP contribution in [0.2, 0.25) is 0 Å². The maximum absolute atomic E-state index is 11.2. The number of hydrogen-bond donors (Lipinski definition) is 0. The molecule has 0 aliphatic heterocycles. The third-order valence-electron chi connectivity index (χ3n) is 1.78. The van der Waals surface area contributed by atoms with E-state index in [1.165, 1.54) is 6.07 Å². The highest BCUT2D eigenvalue weighted by atomic mass is 35.7. The van der Waals surface area contributed by atoms with Gasteiger partial charge in [-0.3, -0.25) is 0 Å². The second kappa shape index (κ2) is 3.60. The van der Waals surface area contributed by atoms with Crippen LogP contribution in [0.1, 0.15) is 16.7 Å². The molecule has 0 amide bonds. The Morgan fingerprint density at radius 3 is 2.36 bits per heavy atom. The first-order chi connectivity index (χ1) is 6.36. The van der Waals surface area contributed by atoms with E-state index < -0.39 is 9.05 Å². The smallest absolute Gasteiger partial charge is 0.207 e. The molecule has 0 aliphatic rings. The highest BCUT2D eigenvalue weighted by molar-refractivity contribution is 8.13. The molecule has 74 valence electrons. The van der Waals surface area contributed by atoms with E-state index in [1.54, 1.807) is 19.9 Å². The van der Waals surface area contributed by atoms with Crippen molar-refractivity contribution in [1.82, 2.24) is 0 Å². The van der Waals surface area contributed by atoms with Gasteiger partial charge >= 0.3 is 0 Å². The van der Waals surface area contributed by atoms with E-state index in [-0.39, 0.29) is 10.5 Å². The van der Waals surface area contributed by atoms with Crippen LogP contribution in [-0.2, 0) is 9.05 Å². The van der Waals surface area contributed by atoms with Crippen LogP contribution in [0, 0.1) is 25.2 Å². The van der Waals surface area contributed by atoms with Crippen LogP contribution in [-0.4, -0.2) is 8.42 Å². The van der Waals surface area contributed by atoms with E-state index in [1.807, 2.05) is 6.07 Å². The molecule has 0 saturated carbocycles. The van der Waals surface area contributed by atoms with Crippen LogP contribution in [0.15, 0.2) is 17.0 Å². The summed E-state index contributed by atoms with van der Waals surface area (Å²) >= 11 is 0. The lowest BCUT2D eigenvalue weighted by molar-refractivity contribution is 0.609. The van der Waals surface area contributed by atoms with Crippen molar-refractivity contribution in [3.63, 3.8) is 0 Å². The minimum absolute atomic E-state index is 0.0905. The second-order valence-electron chi connectivity index (χ2n) is 3.01. The summed E-state index contributed by atoms with van der Waals surface area (Å²) in [6.45, 7) is 3.40. The average Bonchev–Trinajstić information content (AvgIpc) is 1.99. The zero-order chi connectivity index (χ0) is 10.9. The van der Waals surface area contributed by atoms with Crippen molar-refractivity contribution in [1.29, 1.82) is 5.26 Å². The van der Waals surface area contributed by atoms with Crippen molar-refractivity contribution in [3.8, 4) is 6.07 Å². The number of halogens is 1. The van der Waals surface area contributed by atoms with Crippen molar-refractivity contribution in [2.45, 2.75) is 18.7 Å². The van der Waals surface area contributed by atoms with Gasteiger partial charge in [-0.25, -0.2) is 8.42 Å². The number of aryl methyl sites for hydroxylation is 2. The maximum Gasteiger partial charge on any atom is 0.262 e. The van der Waals surface area contributed by atoms with Gasteiger partial charge in [0.1, 0.15) is 11.0 Å². The minimum Gasteiger partial charge on any atom is -0.207 e. The first-order valence-corrected chi connectivity index (χ1v) is 6.13. The molecule has 3 nitrogen and oxygen atoms in total. The Labute approximate surface area is 87.4 Å². The number of hydrogen-bond acceptors (Lipinski definition) is 3. The van der Waals surface area contributed by atoms with Gasteiger partial charge in [-0.15, -0.1) is 0 Å². The number of nitriles is 1. The Bertz CT molecular complexity index is 514. The molecule has 0 atom stereocenters. The third kappa shape index (κ3) is 2.06. The summed E-state index contributed by atoms with van der Waals surface area (Å²) in [5.41, 5.74) is 1.43. The predicted octanol–water partition coefficient (Wildman–Crippen LogP) is 2.10. The number of nitrogens with zero attached hydrogens (tertiary/aromatic N) is 1.